The number of amides is 2. The molecule has 0 aliphatic rings. The second kappa shape index (κ2) is 8.77. The summed E-state index contributed by atoms with van der Waals surface area (Å²) in [6.07, 6.45) is 0. The molecule has 28 heavy (non-hydrogen) atoms. The monoisotopic (exact) mass is 373 g/mol. The van der Waals surface area contributed by atoms with Crippen LogP contribution in [0.1, 0.15) is 8.35 Å². The third-order valence-electron chi connectivity index (χ3n) is 4.24. The molecule has 0 fully saturated rings. The first-order valence-electron chi connectivity index (χ1n) is 8.92. The number of benzene rings is 3. The van der Waals surface area contributed by atoms with E-state index in [0.717, 1.165) is 11.1 Å². The van der Waals surface area contributed by atoms with E-state index in [2.05, 4.69) is 10.6 Å². The first-order valence-corrected chi connectivity index (χ1v) is 8.92. The van der Waals surface area contributed by atoms with Crippen molar-refractivity contribution >= 4 is 28.9 Å². The third-order valence-corrected chi connectivity index (χ3v) is 4.24. The molecule has 5 heteroatoms. The molecular weight excluding hydrogens is 350 g/mol. The summed E-state index contributed by atoms with van der Waals surface area (Å²) in [6.45, 7) is 1.45. The molecule has 5 nitrogen and oxygen atoms in total. The second-order valence-corrected chi connectivity index (χ2v) is 6.41. The van der Waals surface area contributed by atoms with Gasteiger partial charge in [0.1, 0.15) is 0 Å². The van der Waals surface area contributed by atoms with E-state index in [1.807, 2.05) is 54.6 Å². The topological polar surface area (TPSA) is 82.1 Å². The average Bonchev–Trinajstić information content (AvgIpc) is 2.69. The minimum Gasteiger partial charge on any atom is -0.325 e. The van der Waals surface area contributed by atoms with Crippen LogP contribution >= 0.6 is 0 Å². The van der Waals surface area contributed by atoms with Crippen LogP contribution in [0.5, 0.6) is 0 Å². The normalized spacial score (nSPS) is 11.3. The summed E-state index contributed by atoms with van der Waals surface area (Å²) in [7, 11) is 0. The minimum absolute atomic E-state index is 0. The van der Waals surface area contributed by atoms with E-state index < -0.39 is 17.7 Å². The maximum absolute atomic E-state index is 12.7. The van der Waals surface area contributed by atoms with Crippen molar-refractivity contribution in [2.45, 2.75) is 6.92 Å². The molecule has 0 saturated carbocycles. The largest absolute Gasteiger partial charge is 0.325 e. The van der Waals surface area contributed by atoms with Crippen molar-refractivity contribution in [2.75, 3.05) is 10.6 Å². The summed E-state index contributed by atoms with van der Waals surface area (Å²) in [6, 6.07) is 26.1. The minimum atomic E-state index is -1.21. The van der Waals surface area contributed by atoms with E-state index >= 15 is 0 Å². The number of anilines is 2. The van der Waals surface area contributed by atoms with Crippen LogP contribution in [-0.4, -0.2) is 17.5 Å². The first kappa shape index (κ1) is 19.0. The van der Waals surface area contributed by atoms with Crippen LogP contribution in [0.4, 0.5) is 11.4 Å². The van der Waals surface area contributed by atoms with Crippen molar-refractivity contribution in [1.29, 1.82) is 5.41 Å². The van der Waals surface area contributed by atoms with Crippen LogP contribution in [0, 0.1) is 11.3 Å². The highest BCUT2D eigenvalue weighted by molar-refractivity contribution is 6.24. The summed E-state index contributed by atoms with van der Waals surface area (Å²) in [5, 5.41) is 13.3. The van der Waals surface area contributed by atoms with Gasteiger partial charge < -0.3 is 16.0 Å². The Kier molecular flexibility index (Phi) is 5.97. The highest BCUT2D eigenvalue weighted by Crippen LogP contribution is 2.23. The zero-order chi connectivity index (χ0) is 19.9. The van der Waals surface area contributed by atoms with Gasteiger partial charge in [0.2, 0.25) is 11.8 Å². The van der Waals surface area contributed by atoms with E-state index in [-0.39, 0.29) is 7.14 Å². The van der Waals surface area contributed by atoms with E-state index in [4.69, 9.17) is 5.41 Å². The Bertz CT molecular complexity index is 991. The van der Waals surface area contributed by atoms with Gasteiger partial charge in [0, 0.05) is 18.5 Å². The van der Waals surface area contributed by atoms with Gasteiger partial charge >= 0.3 is 0 Å². The summed E-state index contributed by atoms with van der Waals surface area (Å²) in [4.78, 5) is 25.3. The number of hydrogen-bond donors (Lipinski definition) is 3. The zero-order valence-electron chi connectivity index (χ0n) is 15.5. The van der Waals surface area contributed by atoms with Crippen molar-refractivity contribution in [1.82, 2.24) is 0 Å². The number of carbonyl (C=O) groups is 2. The van der Waals surface area contributed by atoms with Gasteiger partial charge in [-0.1, -0.05) is 60.7 Å². The maximum Gasteiger partial charge on any atom is 0.242 e. The molecular formula is C23H23N3O2. The first-order chi connectivity index (χ1) is 13.5. The molecule has 0 bridgehead atoms. The molecule has 2 amide bonds. The van der Waals surface area contributed by atoms with Crippen LogP contribution < -0.4 is 10.6 Å². The van der Waals surface area contributed by atoms with E-state index in [9.17, 15) is 9.59 Å². The predicted molar refractivity (Wildman–Crippen MR) is 115 cm³/mol. The highest BCUT2D eigenvalue weighted by atomic mass is 16.2. The number of rotatable bonds is 6. The Hall–Kier alpha value is -3.73. The fraction of sp³-hybridized carbons (Fsp3) is 0.0870. The Morgan fingerprint density at radius 1 is 0.750 bits per heavy atom. The Balaban J connectivity index is 0.00000300. The average molecular weight is 373 g/mol. The molecule has 0 aromatic heterocycles. The van der Waals surface area contributed by atoms with Gasteiger partial charge in [-0.05, 0) is 42.3 Å². The molecule has 0 spiro atoms. The van der Waals surface area contributed by atoms with Gasteiger partial charge in [0.15, 0.2) is 5.92 Å². The van der Waals surface area contributed by atoms with E-state index in [1.54, 1.807) is 30.3 Å². The van der Waals surface area contributed by atoms with Crippen molar-refractivity contribution in [3.63, 3.8) is 0 Å². The lowest BCUT2D eigenvalue weighted by atomic mass is 10.0. The number of para-hydroxylation sites is 1. The Morgan fingerprint density at radius 3 is 1.86 bits per heavy atom. The smallest absolute Gasteiger partial charge is 0.242 e. The molecule has 1 atom stereocenters. The van der Waals surface area contributed by atoms with Crippen molar-refractivity contribution < 1.29 is 11.0 Å². The van der Waals surface area contributed by atoms with Crippen LogP contribution in [0.2, 0.25) is 0 Å². The van der Waals surface area contributed by atoms with Gasteiger partial charge in [-0.3, -0.25) is 9.59 Å². The molecule has 3 aromatic carbocycles. The molecule has 1 unspecified atom stereocenters. The van der Waals surface area contributed by atoms with Gasteiger partial charge in [-0.2, -0.15) is 0 Å². The number of hydrogen-bond acceptors (Lipinski definition) is 3. The lowest BCUT2D eigenvalue weighted by Gasteiger charge is -2.16. The zero-order valence-corrected chi connectivity index (χ0v) is 15.5. The van der Waals surface area contributed by atoms with E-state index in [0.29, 0.717) is 11.4 Å². The molecule has 0 aliphatic carbocycles. The van der Waals surface area contributed by atoms with Crippen molar-refractivity contribution in [3.8, 4) is 11.1 Å². The van der Waals surface area contributed by atoms with Crippen LogP contribution in [-0.2, 0) is 9.59 Å². The molecule has 3 rings (SSSR count). The van der Waals surface area contributed by atoms with Crippen molar-refractivity contribution in [3.05, 3.63) is 84.9 Å². The second-order valence-electron chi connectivity index (χ2n) is 6.41. The molecule has 142 valence electrons. The molecule has 0 radical (unpaired) electrons. The highest BCUT2D eigenvalue weighted by Gasteiger charge is 2.29. The molecule has 0 heterocycles. The van der Waals surface area contributed by atoms with Crippen LogP contribution in [0.15, 0.2) is 84.9 Å². The predicted octanol–water partition coefficient (Wildman–Crippen LogP) is 4.83. The Morgan fingerprint density at radius 2 is 1.25 bits per heavy atom. The fourth-order valence-corrected chi connectivity index (χ4v) is 2.87. The quantitative estimate of drug-likeness (QED) is 0.427. The van der Waals surface area contributed by atoms with Gasteiger partial charge in [0.05, 0.1) is 0 Å². The van der Waals surface area contributed by atoms with Crippen molar-refractivity contribution in [2.24, 2.45) is 5.92 Å². The lowest BCUT2D eigenvalue weighted by molar-refractivity contribution is -0.126. The summed E-state index contributed by atoms with van der Waals surface area (Å²) >= 11 is 0. The standard InChI is InChI=1S/C23H21N3O2.H2/c1-16(24)21(22(27)25-19-12-6-3-7-13-19)23(28)26-20-14-8-11-18(15-20)17-9-4-2-5-10-17;/h2-15,21,24H,1H3,(H,25,27)(H,26,28);1H. The molecule has 3 aromatic rings. The summed E-state index contributed by atoms with van der Waals surface area (Å²) in [5.74, 6) is -2.28. The summed E-state index contributed by atoms with van der Waals surface area (Å²) < 4.78 is 0. The third kappa shape index (κ3) is 4.71. The molecule has 3 N–H and O–H groups in total. The van der Waals surface area contributed by atoms with Gasteiger partial charge in [-0.25, -0.2) is 0 Å². The van der Waals surface area contributed by atoms with Crippen LogP contribution in [0.25, 0.3) is 11.1 Å². The van der Waals surface area contributed by atoms with Gasteiger partial charge in [0.25, 0.3) is 0 Å². The number of carbonyl (C=O) groups excluding carboxylic acids is 2. The van der Waals surface area contributed by atoms with Gasteiger partial charge in [-0.15, -0.1) is 0 Å². The Labute approximate surface area is 165 Å². The SMILES string of the molecule is CC(=N)C(C(=O)Nc1ccccc1)C(=O)Nc1cccc(-c2ccccc2)c1.[HH]. The molecule has 0 aliphatic heterocycles. The van der Waals surface area contributed by atoms with Crippen LogP contribution in [0.3, 0.4) is 0 Å². The fourth-order valence-electron chi connectivity index (χ4n) is 2.87. The summed E-state index contributed by atoms with van der Waals surface area (Å²) in [5.41, 5.74) is 3.11. The lowest BCUT2D eigenvalue weighted by Crippen LogP contribution is -2.38. The van der Waals surface area contributed by atoms with E-state index in [1.165, 1.54) is 6.92 Å². The number of nitrogens with one attached hydrogen (secondary N) is 3. The molecule has 0 saturated heterocycles. The maximum atomic E-state index is 12.7.